The number of benzene rings is 3. The number of carbonyl (C=O) groups is 2. The van der Waals surface area contributed by atoms with Crippen LogP contribution >= 0.6 is 0 Å². The summed E-state index contributed by atoms with van der Waals surface area (Å²) in [4.78, 5) is 27.1. The van der Waals surface area contributed by atoms with E-state index >= 15 is 0 Å². The fourth-order valence-electron chi connectivity index (χ4n) is 5.52. The number of Topliss-reactive ketones (excluding diaryl/α,β-unsaturated/α-hetero) is 1. The van der Waals surface area contributed by atoms with E-state index in [0.29, 0.717) is 30.6 Å². The molecule has 0 saturated heterocycles. The van der Waals surface area contributed by atoms with Crippen LogP contribution in [0.15, 0.2) is 107 Å². The highest BCUT2D eigenvalue weighted by atomic mass is 16.5. The molecule has 5 nitrogen and oxygen atoms in total. The number of esters is 1. The Morgan fingerprint density at radius 1 is 0.897 bits per heavy atom. The van der Waals surface area contributed by atoms with Gasteiger partial charge < -0.3 is 14.8 Å². The highest BCUT2D eigenvalue weighted by Gasteiger charge is 2.43. The molecule has 0 spiro atoms. The van der Waals surface area contributed by atoms with Crippen molar-refractivity contribution in [1.82, 2.24) is 5.32 Å². The van der Waals surface area contributed by atoms with Gasteiger partial charge in [-0.1, -0.05) is 86.6 Å². The van der Waals surface area contributed by atoms with Gasteiger partial charge in [0, 0.05) is 35.7 Å². The number of hydrogen-bond acceptors (Lipinski definition) is 5. The zero-order chi connectivity index (χ0) is 27.4. The van der Waals surface area contributed by atoms with Crippen LogP contribution in [0.1, 0.15) is 56.2 Å². The summed E-state index contributed by atoms with van der Waals surface area (Å²) in [6.07, 6.45) is 1.82. The van der Waals surface area contributed by atoms with Crippen LogP contribution in [0.2, 0.25) is 0 Å². The fourth-order valence-corrected chi connectivity index (χ4v) is 5.52. The Balaban J connectivity index is 1.41. The first-order valence-electron chi connectivity index (χ1n) is 13.5. The predicted octanol–water partition coefficient (Wildman–Crippen LogP) is 6.66. The second kappa shape index (κ2) is 11.3. The molecule has 0 aromatic heterocycles. The molecule has 0 unspecified atom stereocenters. The first-order chi connectivity index (χ1) is 18.8. The quantitative estimate of drug-likeness (QED) is 0.336. The highest BCUT2D eigenvalue weighted by molar-refractivity contribution is 6.04. The van der Waals surface area contributed by atoms with E-state index in [0.717, 1.165) is 40.3 Å². The van der Waals surface area contributed by atoms with Gasteiger partial charge in [0.25, 0.3) is 0 Å². The Morgan fingerprint density at radius 3 is 2.21 bits per heavy atom. The number of ketones is 1. The van der Waals surface area contributed by atoms with Crippen LogP contribution in [-0.4, -0.2) is 18.4 Å². The first kappa shape index (κ1) is 26.5. The van der Waals surface area contributed by atoms with Crippen LogP contribution in [0, 0.1) is 5.41 Å². The van der Waals surface area contributed by atoms with Crippen molar-refractivity contribution in [2.75, 3.05) is 6.61 Å². The molecule has 0 radical (unpaired) electrons. The maximum absolute atomic E-state index is 13.5. The Hall–Kier alpha value is -4.12. The molecule has 1 N–H and O–H groups in total. The van der Waals surface area contributed by atoms with E-state index in [1.807, 2.05) is 91.9 Å². The molecular weight excluding hydrogens is 486 g/mol. The van der Waals surface area contributed by atoms with Crippen molar-refractivity contribution in [3.05, 3.63) is 124 Å². The van der Waals surface area contributed by atoms with E-state index < -0.39 is 11.9 Å². The number of dihydropyridines is 1. The van der Waals surface area contributed by atoms with Crippen molar-refractivity contribution in [3.8, 4) is 5.75 Å². The van der Waals surface area contributed by atoms with Crippen molar-refractivity contribution in [2.24, 2.45) is 5.41 Å². The molecule has 1 aliphatic carbocycles. The molecule has 0 saturated carbocycles. The zero-order valence-electron chi connectivity index (χ0n) is 22.8. The highest BCUT2D eigenvalue weighted by Crippen LogP contribution is 2.47. The van der Waals surface area contributed by atoms with Crippen molar-refractivity contribution < 1.29 is 19.1 Å². The van der Waals surface area contributed by atoms with E-state index in [2.05, 4.69) is 19.2 Å². The molecule has 5 rings (SSSR count). The van der Waals surface area contributed by atoms with Crippen LogP contribution in [0.4, 0.5) is 0 Å². The van der Waals surface area contributed by atoms with Gasteiger partial charge in [0.05, 0.1) is 12.2 Å². The summed E-state index contributed by atoms with van der Waals surface area (Å²) in [5, 5.41) is 3.41. The van der Waals surface area contributed by atoms with Gasteiger partial charge in [-0.05, 0) is 47.6 Å². The maximum Gasteiger partial charge on any atom is 0.336 e. The molecular formula is C34H35NO4. The van der Waals surface area contributed by atoms with Crippen molar-refractivity contribution in [3.63, 3.8) is 0 Å². The van der Waals surface area contributed by atoms with E-state index in [1.54, 1.807) is 0 Å². The third-order valence-corrected chi connectivity index (χ3v) is 7.39. The predicted molar refractivity (Wildman–Crippen MR) is 152 cm³/mol. The second-order valence-corrected chi connectivity index (χ2v) is 11.1. The number of rotatable bonds is 8. The number of hydrogen-bond donors (Lipinski definition) is 1. The van der Waals surface area contributed by atoms with E-state index in [9.17, 15) is 9.59 Å². The van der Waals surface area contributed by atoms with Gasteiger partial charge in [-0.25, -0.2) is 4.79 Å². The Kier molecular flexibility index (Phi) is 7.69. The summed E-state index contributed by atoms with van der Waals surface area (Å²) < 4.78 is 11.8. The van der Waals surface area contributed by atoms with Crippen LogP contribution in [0.25, 0.3) is 0 Å². The van der Waals surface area contributed by atoms with Gasteiger partial charge in [-0.15, -0.1) is 0 Å². The summed E-state index contributed by atoms with van der Waals surface area (Å²) in [5.41, 5.74) is 5.73. The van der Waals surface area contributed by atoms with Gasteiger partial charge >= 0.3 is 5.97 Å². The minimum Gasteiger partial charge on any atom is -0.489 e. The van der Waals surface area contributed by atoms with Gasteiger partial charge in [0.1, 0.15) is 12.4 Å². The zero-order valence-corrected chi connectivity index (χ0v) is 22.8. The molecule has 3 aromatic rings. The van der Waals surface area contributed by atoms with Gasteiger partial charge in [0.15, 0.2) is 5.78 Å². The van der Waals surface area contributed by atoms with Crippen LogP contribution < -0.4 is 10.1 Å². The standard InChI is InChI=1S/C34H35NO4/c1-23-30(33(37)38-19-18-24-10-6-4-7-11-24)31(32-28(35-23)20-34(2,3)21-29(32)36)26-14-16-27(17-15-26)39-22-25-12-8-5-9-13-25/h4-17,31,35H,18-22H2,1-3H3/t31-/m1/s1. The molecule has 0 fully saturated rings. The normalized spacial score (nSPS) is 18.3. The van der Waals surface area contributed by atoms with Crippen LogP contribution in [0.3, 0.4) is 0 Å². The number of allylic oxidation sites excluding steroid dienone is 3. The molecule has 5 heteroatoms. The number of carbonyl (C=O) groups excluding carboxylic acids is 2. The van der Waals surface area contributed by atoms with E-state index in [1.165, 1.54) is 0 Å². The van der Waals surface area contributed by atoms with Gasteiger partial charge in [-0.2, -0.15) is 0 Å². The Labute approximate surface area is 230 Å². The van der Waals surface area contributed by atoms with E-state index in [4.69, 9.17) is 9.47 Å². The molecule has 1 aliphatic heterocycles. The fraction of sp³-hybridized carbons (Fsp3) is 0.294. The Morgan fingerprint density at radius 2 is 1.54 bits per heavy atom. The van der Waals surface area contributed by atoms with Crippen molar-refractivity contribution in [1.29, 1.82) is 0 Å². The summed E-state index contributed by atoms with van der Waals surface area (Å²) in [6.45, 7) is 6.85. The first-order valence-corrected chi connectivity index (χ1v) is 13.5. The average molecular weight is 522 g/mol. The largest absolute Gasteiger partial charge is 0.489 e. The van der Waals surface area contributed by atoms with Crippen molar-refractivity contribution in [2.45, 2.75) is 52.6 Å². The lowest BCUT2D eigenvalue weighted by Gasteiger charge is -2.39. The van der Waals surface area contributed by atoms with E-state index in [-0.39, 0.29) is 17.8 Å². The minimum atomic E-state index is -0.489. The smallest absolute Gasteiger partial charge is 0.336 e. The molecule has 0 amide bonds. The van der Waals surface area contributed by atoms with Crippen LogP contribution in [0.5, 0.6) is 5.75 Å². The Bertz CT molecular complexity index is 1400. The molecule has 1 atom stereocenters. The van der Waals surface area contributed by atoms with Gasteiger partial charge in [0.2, 0.25) is 0 Å². The molecule has 2 aliphatic rings. The summed E-state index contributed by atoms with van der Waals surface area (Å²) in [7, 11) is 0. The topological polar surface area (TPSA) is 64.6 Å². The monoisotopic (exact) mass is 521 g/mol. The molecule has 39 heavy (non-hydrogen) atoms. The molecule has 0 bridgehead atoms. The summed E-state index contributed by atoms with van der Waals surface area (Å²) in [6, 6.07) is 27.7. The van der Waals surface area contributed by atoms with Crippen LogP contribution in [-0.2, 0) is 27.4 Å². The minimum absolute atomic E-state index is 0.0743. The molecule has 200 valence electrons. The summed E-state index contributed by atoms with van der Waals surface area (Å²) in [5.74, 6) is -0.0773. The lowest BCUT2D eigenvalue weighted by Crippen LogP contribution is -2.38. The van der Waals surface area contributed by atoms with Gasteiger partial charge in [-0.3, -0.25) is 4.79 Å². The molecule has 1 heterocycles. The third-order valence-electron chi connectivity index (χ3n) is 7.39. The SMILES string of the molecule is CC1=C(C(=O)OCCc2ccccc2)[C@@H](c2ccc(OCc3ccccc3)cc2)C2=C(CC(C)(C)CC2=O)N1. The second-order valence-electron chi connectivity index (χ2n) is 11.1. The number of nitrogens with one attached hydrogen (secondary N) is 1. The third kappa shape index (κ3) is 6.14. The number of ether oxygens (including phenoxy) is 2. The maximum atomic E-state index is 13.5. The summed E-state index contributed by atoms with van der Waals surface area (Å²) >= 11 is 0. The average Bonchev–Trinajstić information content (AvgIpc) is 2.92. The van der Waals surface area contributed by atoms with Crippen molar-refractivity contribution >= 4 is 11.8 Å². The molecule has 3 aromatic carbocycles. The lowest BCUT2D eigenvalue weighted by atomic mass is 9.68. The lowest BCUT2D eigenvalue weighted by molar-refractivity contribution is -0.139.